The highest BCUT2D eigenvalue weighted by Gasteiger charge is 2.21. The van der Waals surface area contributed by atoms with E-state index in [-0.39, 0.29) is 11.9 Å². The highest BCUT2D eigenvalue weighted by atomic mass is 79.9. The number of halogens is 2. The van der Waals surface area contributed by atoms with Crippen molar-refractivity contribution in [1.82, 2.24) is 10.2 Å². The van der Waals surface area contributed by atoms with Crippen LogP contribution in [0.1, 0.15) is 31.9 Å². The predicted molar refractivity (Wildman–Crippen MR) is 80.7 cm³/mol. The van der Waals surface area contributed by atoms with Gasteiger partial charge in [-0.1, -0.05) is 28.9 Å². The molecule has 1 N–H and O–H groups in total. The van der Waals surface area contributed by atoms with Crippen LogP contribution in [-0.2, 0) is 0 Å². The van der Waals surface area contributed by atoms with E-state index in [0.717, 1.165) is 23.1 Å². The lowest BCUT2D eigenvalue weighted by Gasteiger charge is -2.18. The predicted octanol–water partition coefficient (Wildman–Crippen LogP) is 3.58. The molecule has 2 unspecified atom stereocenters. The van der Waals surface area contributed by atoms with Gasteiger partial charge in [0, 0.05) is 22.6 Å². The summed E-state index contributed by atoms with van der Waals surface area (Å²) in [6.45, 7) is 8.69. The lowest BCUT2D eigenvalue weighted by Crippen LogP contribution is -2.28. The molecule has 0 amide bonds. The van der Waals surface area contributed by atoms with Crippen molar-refractivity contribution in [2.45, 2.75) is 26.3 Å². The third-order valence-corrected chi connectivity index (χ3v) is 4.45. The van der Waals surface area contributed by atoms with E-state index in [1.165, 1.54) is 25.6 Å². The summed E-state index contributed by atoms with van der Waals surface area (Å²) in [5, 5.41) is 3.46. The van der Waals surface area contributed by atoms with E-state index in [1.54, 1.807) is 0 Å². The van der Waals surface area contributed by atoms with Crippen molar-refractivity contribution in [3.63, 3.8) is 0 Å². The number of likely N-dealkylation sites (tertiary alicyclic amines) is 1. The molecule has 1 saturated heterocycles. The van der Waals surface area contributed by atoms with Gasteiger partial charge in [0.25, 0.3) is 0 Å². The monoisotopic (exact) mass is 328 g/mol. The maximum Gasteiger partial charge on any atom is 0.129 e. The largest absolute Gasteiger partial charge is 0.310 e. The van der Waals surface area contributed by atoms with Crippen LogP contribution in [0.5, 0.6) is 0 Å². The first kappa shape index (κ1) is 14.9. The lowest BCUT2D eigenvalue weighted by molar-refractivity contribution is 0.335. The molecule has 1 heterocycles. The van der Waals surface area contributed by atoms with Crippen molar-refractivity contribution < 1.29 is 4.39 Å². The quantitative estimate of drug-likeness (QED) is 0.888. The Bertz CT molecular complexity index is 425. The van der Waals surface area contributed by atoms with Gasteiger partial charge in [-0.25, -0.2) is 4.39 Å². The van der Waals surface area contributed by atoms with Crippen LogP contribution < -0.4 is 5.32 Å². The molecular formula is C15H22BrFN2. The molecular weight excluding hydrogens is 307 g/mol. The molecule has 0 aliphatic carbocycles. The first-order chi connectivity index (χ1) is 9.10. The second kappa shape index (κ2) is 6.82. The minimum absolute atomic E-state index is 0.0591. The number of hydrogen-bond donors (Lipinski definition) is 1. The summed E-state index contributed by atoms with van der Waals surface area (Å²) in [5.74, 6) is 0.553. The fourth-order valence-electron chi connectivity index (χ4n) is 2.67. The Kier molecular flexibility index (Phi) is 5.37. The summed E-state index contributed by atoms with van der Waals surface area (Å²) in [7, 11) is 0. The summed E-state index contributed by atoms with van der Waals surface area (Å²) >= 11 is 3.29. The maximum absolute atomic E-state index is 13.8. The van der Waals surface area contributed by atoms with E-state index < -0.39 is 0 Å². The van der Waals surface area contributed by atoms with Gasteiger partial charge in [-0.3, -0.25) is 0 Å². The highest BCUT2D eigenvalue weighted by Crippen LogP contribution is 2.22. The summed E-state index contributed by atoms with van der Waals surface area (Å²) in [4.78, 5) is 2.47. The van der Waals surface area contributed by atoms with Gasteiger partial charge in [0.15, 0.2) is 0 Å². The minimum atomic E-state index is -0.143. The molecule has 1 fully saturated rings. The average molecular weight is 329 g/mol. The molecule has 1 aliphatic heterocycles. The van der Waals surface area contributed by atoms with E-state index >= 15 is 0 Å². The van der Waals surface area contributed by atoms with Crippen molar-refractivity contribution in [3.05, 3.63) is 34.1 Å². The van der Waals surface area contributed by atoms with Crippen LogP contribution in [0, 0.1) is 11.7 Å². The molecule has 1 aromatic rings. The normalized spacial score (nSPS) is 21.8. The molecule has 0 radical (unpaired) electrons. The molecule has 0 aromatic heterocycles. The Hall–Kier alpha value is -0.450. The SMILES string of the molecule is CCN1CCC(CNC(C)c2ccc(Br)cc2F)C1. The van der Waals surface area contributed by atoms with Crippen LogP contribution in [0.15, 0.2) is 22.7 Å². The van der Waals surface area contributed by atoms with Crippen LogP contribution in [-0.4, -0.2) is 31.1 Å². The second-order valence-corrected chi connectivity index (χ2v) is 6.26. The van der Waals surface area contributed by atoms with E-state index in [0.29, 0.717) is 5.92 Å². The Morgan fingerprint density at radius 3 is 2.95 bits per heavy atom. The smallest absolute Gasteiger partial charge is 0.129 e. The lowest BCUT2D eigenvalue weighted by atomic mass is 10.1. The topological polar surface area (TPSA) is 15.3 Å². The van der Waals surface area contributed by atoms with Crippen LogP contribution in [0.25, 0.3) is 0 Å². The standard InChI is InChI=1S/C15H22BrFN2/c1-3-19-7-6-12(10-19)9-18-11(2)14-5-4-13(16)8-15(14)17/h4-5,8,11-12,18H,3,6-7,9-10H2,1-2H3. The molecule has 2 nitrogen and oxygen atoms in total. The molecule has 0 spiro atoms. The zero-order valence-corrected chi connectivity index (χ0v) is 13.2. The summed E-state index contributed by atoms with van der Waals surface area (Å²) in [6, 6.07) is 5.33. The number of nitrogens with zero attached hydrogens (tertiary/aromatic N) is 1. The summed E-state index contributed by atoms with van der Waals surface area (Å²) < 4.78 is 14.6. The van der Waals surface area contributed by atoms with Gasteiger partial charge in [0.1, 0.15) is 5.82 Å². The van der Waals surface area contributed by atoms with Crippen LogP contribution in [0.2, 0.25) is 0 Å². The van der Waals surface area contributed by atoms with Gasteiger partial charge in [-0.05, 0) is 51.0 Å². The van der Waals surface area contributed by atoms with E-state index in [4.69, 9.17) is 0 Å². The van der Waals surface area contributed by atoms with Gasteiger partial charge >= 0.3 is 0 Å². The number of hydrogen-bond acceptors (Lipinski definition) is 2. The van der Waals surface area contributed by atoms with E-state index in [1.807, 2.05) is 19.1 Å². The zero-order valence-electron chi connectivity index (χ0n) is 11.6. The molecule has 4 heteroatoms. The van der Waals surface area contributed by atoms with Crippen molar-refractivity contribution in [1.29, 1.82) is 0 Å². The molecule has 2 rings (SSSR count). The van der Waals surface area contributed by atoms with Gasteiger partial charge in [0.2, 0.25) is 0 Å². The Morgan fingerprint density at radius 2 is 2.32 bits per heavy atom. The fourth-order valence-corrected chi connectivity index (χ4v) is 3.01. The van der Waals surface area contributed by atoms with Crippen molar-refractivity contribution in [3.8, 4) is 0 Å². The van der Waals surface area contributed by atoms with Crippen molar-refractivity contribution in [2.75, 3.05) is 26.2 Å². The molecule has 19 heavy (non-hydrogen) atoms. The van der Waals surface area contributed by atoms with Gasteiger partial charge in [-0.2, -0.15) is 0 Å². The van der Waals surface area contributed by atoms with E-state index in [9.17, 15) is 4.39 Å². The highest BCUT2D eigenvalue weighted by molar-refractivity contribution is 9.10. The number of benzene rings is 1. The fraction of sp³-hybridized carbons (Fsp3) is 0.600. The molecule has 0 saturated carbocycles. The number of rotatable bonds is 5. The van der Waals surface area contributed by atoms with Crippen LogP contribution >= 0.6 is 15.9 Å². The average Bonchev–Trinajstić information content (AvgIpc) is 2.84. The molecule has 1 aromatic carbocycles. The van der Waals surface area contributed by atoms with Crippen molar-refractivity contribution >= 4 is 15.9 Å². The van der Waals surface area contributed by atoms with Crippen LogP contribution in [0.3, 0.4) is 0 Å². The van der Waals surface area contributed by atoms with Gasteiger partial charge in [0.05, 0.1) is 0 Å². The first-order valence-electron chi connectivity index (χ1n) is 7.00. The van der Waals surface area contributed by atoms with Crippen molar-refractivity contribution in [2.24, 2.45) is 5.92 Å². The Morgan fingerprint density at radius 1 is 1.53 bits per heavy atom. The molecule has 1 aliphatic rings. The Labute approximate surface area is 123 Å². The van der Waals surface area contributed by atoms with Crippen LogP contribution in [0.4, 0.5) is 4.39 Å². The number of nitrogens with one attached hydrogen (secondary N) is 1. The first-order valence-corrected chi connectivity index (χ1v) is 7.80. The third-order valence-electron chi connectivity index (χ3n) is 3.96. The minimum Gasteiger partial charge on any atom is -0.310 e. The van der Waals surface area contributed by atoms with Gasteiger partial charge < -0.3 is 10.2 Å². The third kappa shape index (κ3) is 4.01. The molecule has 106 valence electrons. The summed E-state index contributed by atoms with van der Waals surface area (Å²) in [6.07, 6.45) is 1.25. The second-order valence-electron chi connectivity index (χ2n) is 5.34. The van der Waals surface area contributed by atoms with Gasteiger partial charge in [-0.15, -0.1) is 0 Å². The summed E-state index contributed by atoms with van der Waals surface area (Å²) in [5.41, 5.74) is 0.744. The van der Waals surface area contributed by atoms with E-state index in [2.05, 4.69) is 33.1 Å². The maximum atomic E-state index is 13.8. The molecule has 0 bridgehead atoms. The Balaban J connectivity index is 1.86. The molecule has 2 atom stereocenters. The zero-order chi connectivity index (χ0) is 13.8.